The van der Waals surface area contributed by atoms with E-state index in [1.807, 2.05) is 12.1 Å². The Balaban J connectivity index is 0.00000676. The van der Waals surface area contributed by atoms with Gasteiger partial charge in [0.2, 0.25) is 0 Å². The maximum Gasteiger partial charge on any atom is 0.335 e. The molecule has 1 rings (SSSR count). The molecule has 0 spiro atoms. The summed E-state index contributed by atoms with van der Waals surface area (Å²) in [6.07, 6.45) is 19.3. The summed E-state index contributed by atoms with van der Waals surface area (Å²) in [7, 11) is 0. The molecule has 0 amide bonds. The molecule has 0 aromatic heterocycles. The normalized spacial score (nSPS) is 10.4. The molecule has 149 valence electrons. The first kappa shape index (κ1) is 26.5. The molecule has 0 aliphatic carbocycles. The van der Waals surface area contributed by atoms with E-state index < -0.39 is 5.97 Å². The summed E-state index contributed by atoms with van der Waals surface area (Å²) in [5, 5.41) is 12.2. The van der Waals surface area contributed by atoms with Crippen LogP contribution in [0.25, 0.3) is 0 Å². The van der Waals surface area contributed by atoms with Crippen LogP contribution in [0, 0.1) is 0 Å². The zero-order valence-corrected chi connectivity index (χ0v) is 19.8. The second-order valence-corrected chi connectivity index (χ2v) is 7.41. The summed E-state index contributed by atoms with van der Waals surface area (Å²) >= 11 is 0. The molecule has 0 saturated carbocycles. The van der Waals surface area contributed by atoms with Crippen molar-refractivity contribution in [3.8, 4) is 0 Å². The van der Waals surface area contributed by atoms with E-state index in [-0.39, 0.29) is 29.6 Å². The Morgan fingerprint density at radius 2 is 1.15 bits per heavy atom. The molecule has 0 fully saturated rings. The van der Waals surface area contributed by atoms with Crippen molar-refractivity contribution < 1.29 is 9.90 Å². The van der Waals surface area contributed by atoms with Crippen molar-refractivity contribution in [1.82, 2.24) is 0 Å². The third-order valence-corrected chi connectivity index (χ3v) is 4.99. The first-order valence-corrected chi connectivity index (χ1v) is 10.8. The predicted octanol–water partition coefficient (Wildman–Crippen LogP) is 6.90. The Bertz CT molecular complexity index is 462. The quantitative estimate of drug-likeness (QED) is 0.227. The molecule has 0 aliphatic rings. The van der Waals surface area contributed by atoms with Crippen LogP contribution in [0.3, 0.4) is 0 Å². The average molecular weight is 385 g/mol. The largest absolute Gasteiger partial charge is 0.478 e. The van der Waals surface area contributed by atoms with E-state index in [1.165, 1.54) is 89.9 Å². The van der Waals surface area contributed by atoms with E-state index in [9.17, 15) is 4.79 Å². The maximum atomic E-state index is 10.8. The zero-order valence-electron chi connectivity index (χ0n) is 17.8. The van der Waals surface area contributed by atoms with Gasteiger partial charge in [0.1, 0.15) is 0 Å². The predicted molar refractivity (Wildman–Crippen MR) is 118 cm³/mol. The van der Waals surface area contributed by atoms with Crippen LogP contribution in [0.2, 0.25) is 0 Å². The monoisotopic (exact) mass is 384 g/mol. The fourth-order valence-corrected chi connectivity index (χ4v) is 3.28. The average Bonchev–Trinajstić information content (AvgIpc) is 2.65. The number of carboxylic acids is 1. The molecule has 0 atom stereocenters. The summed E-state index contributed by atoms with van der Waals surface area (Å²) in [5.74, 6) is -0.872. The molecule has 2 N–H and O–H groups in total. The Morgan fingerprint density at radius 1 is 0.741 bits per heavy atom. The van der Waals surface area contributed by atoms with Gasteiger partial charge in [0.15, 0.2) is 0 Å². The van der Waals surface area contributed by atoms with Crippen molar-refractivity contribution in [2.45, 2.75) is 96.8 Å². The van der Waals surface area contributed by atoms with Crippen molar-refractivity contribution in [2.75, 3.05) is 11.9 Å². The minimum absolute atomic E-state index is 0. The van der Waals surface area contributed by atoms with Gasteiger partial charge in [0.25, 0.3) is 0 Å². The van der Waals surface area contributed by atoms with Gasteiger partial charge in [0, 0.05) is 41.8 Å². The molecule has 1 aromatic rings. The molecule has 4 heteroatoms. The van der Waals surface area contributed by atoms with E-state index in [0.717, 1.165) is 12.2 Å². The van der Waals surface area contributed by atoms with Crippen LogP contribution in [-0.2, 0) is 0 Å². The number of carboxylic acid groups (broad SMARTS) is 1. The van der Waals surface area contributed by atoms with Gasteiger partial charge < -0.3 is 10.4 Å². The van der Waals surface area contributed by atoms with Crippen LogP contribution in [0.15, 0.2) is 24.3 Å². The number of rotatable bonds is 17. The minimum atomic E-state index is -0.872. The van der Waals surface area contributed by atoms with Crippen molar-refractivity contribution in [3.63, 3.8) is 0 Å². The molecule has 1 radical (unpaired) electrons. The van der Waals surface area contributed by atoms with Gasteiger partial charge in [-0.15, -0.1) is 0 Å². The fraction of sp³-hybridized carbons (Fsp3) is 0.696. The zero-order chi connectivity index (χ0) is 18.9. The van der Waals surface area contributed by atoms with Gasteiger partial charge in [0.05, 0.1) is 5.56 Å². The standard InChI is InChI=1S/C23H39NO2.Na/c1-2-3-4-5-6-7-8-9-10-11-12-13-14-15-20-24-22-18-16-21(17-19-22)23(25)26;/h16-19,24H,2-15,20H2,1H3,(H,25,26);. The number of hydrogen-bond acceptors (Lipinski definition) is 2. The number of unbranched alkanes of at least 4 members (excludes halogenated alkanes) is 13. The van der Waals surface area contributed by atoms with Crippen molar-refractivity contribution in [2.24, 2.45) is 0 Å². The van der Waals surface area contributed by atoms with Crippen LogP contribution in [0.4, 0.5) is 5.69 Å². The van der Waals surface area contributed by atoms with E-state index in [0.29, 0.717) is 5.56 Å². The summed E-state index contributed by atoms with van der Waals surface area (Å²) in [5.41, 5.74) is 1.34. The number of aromatic carboxylic acids is 1. The number of hydrogen-bond donors (Lipinski definition) is 2. The number of benzene rings is 1. The molecular formula is C23H39NNaO2. The summed E-state index contributed by atoms with van der Waals surface area (Å²) in [6.45, 7) is 3.24. The van der Waals surface area contributed by atoms with Gasteiger partial charge in [-0.3, -0.25) is 0 Å². The van der Waals surface area contributed by atoms with Gasteiger partial charge in [-0.2, -0.15) is 0 Å². The molecule has 1 aromatic carbocycles. The molecule has 3 nitrogen and oxygen atoms in total. The number of nitrogens with one attached hydrogen (secondary N) is 1. The summed E-state index contributed by atoms with van der Waals surface area (Å²) in [6, 6.07) is 6.98. The second kappa shape index (κ2) is 18.8. The SMILES string of the molecule is CCCCCCCCCCCCCCCCNc1ccc(C(=O)O)cc1.[Na]. The molecule has 0 unspecified atom stereocenters. The number of carbonyl (C=O) groups is 1. The third kappa shape index (κ3) is 15.1. The Kier molecular flexibility index (Phi) is 18.5. The molecule has 0 heterocycles. The van der Waals surface area contributed by atoms with Gasteiger partial charge >= 0.3 is 5.97 Å². The summed E-state index contributed by atoms with van der Waals surface area (Å²) < 4.78 is 0. The van der Waals surface area contributed by atoms with Crippen molar-refractivity contribution in [1.29, 1.82) is 0 Å². The van der Waals surface area contributed by atoms with Gasteiger partial charge in [-0.1, -0.05) is 90.4 Å². The fourth-order valence-electron chi connectivity index (χ4n) is 3.28. The van der Waals surface area contributed by atoms with E-state index in [4.69, 9.17) is 5.11 Å². The van der Waals surface area contributed by atoms with E-state index in [1.54, 1.807) is 12.1 Å². The molecule has 27 heavy (non-hydrogen) atoms. The van der Waals surface area contributed by atoms with Crippen LogP contribution in [0.5, 0.6) is 0 Å². The Labute approximate surface area is 189 Å². The molecular weight excluding hydrogens is 345 g/mol. The minimum Gasteiger partial charge on any atom is -0.478 e. The Morgan fingerprint density at radius 3 is 1.56 bits per heavy atom. The van der Waals surface area contributed by atoms with Crippen molar-refractivity contribution >= 4 is 41.2 Å². The van der Waals surface area contributed by atoms with Crippen LogP contribution in [-0.4, -0.2) is 47.2 Å². The third-order valence-electron chi connectivity index (χ3n) is 4.99. The van der Waals surface area contributed by atoms with Crippen molar-refractivity contribution in [3.05, 3.63) is 29.8 Å². The topological polar surface area (TPSA) is 49.3 Å². The van der Waals surface area contributed by atoms with Crippen LogP contribution in [0.1, 0.15) is 107 Å². The first-order chi connectivity index (χ1) is 12.7. The molecule has 0 aliphatic heterocycles. The smallest absolute Gasteiger partial charge is 0.335 e. The van der Waals surface area contributed by atoms with E-state index in [2.05, 4.69) is 12.2 Å². The van der Waals surface area contributed by atoms with Gasteiger partial charge in [-0.05, 0) is 30.7 Å². The van der Waals surface area contributed by atoms with Crippen LogP contribution < -0.4 is 5.32 Å². The van der Waals surface area contributed by atoms with Gasteiger partial charge in [-0.25, -0.2) is 4.79 Å². The van der Waals surface area contributed by atoms with Crippen LogP contribution >= 0.6 is 0 Å². The summed E-state index contributed by atoms with van der Waals surface area (Å²) in [4.78, 5) is 10.8. The molecule has 0 saturated heterocycles. The molecule has 0 bridgehead atoms. The Hall–Kier alpha value is -0.510. The maximum absolute atomic E-state index is 10.8. The van der Waals surface area contributed by atoms with E-state index >= 15 is 0 Å². The second-order valence-electron chi connectivity index (χ2n) is 7.41. The number of anilines is 1. The first-order valence-electron chi connectivity index (χ1n) is 10.8.